The van der Waals surface area contributed by atoms with Crippen LogP contribution in [0.4, 0.5) is 17.1 Å². The highest BCUT2D eigenvalue weighted by molar-refractivity contribution is 6.29. The number of benzene rings is 11. The molecule has 11 rings (SSSR count). The molecule has 0 N–H and O–H groups in total. The van der Waals surface area contributed by atoms with Crippen LogP contribution in [-0.4, -0.2) is 0 Å². The van der Waals surface area contributed by atoms with E-state index in [-0.39, 0.29) is 0 Å². The summed E-state index contributed by atoms with van der Waals surface area (Å²) in [6.45, 7) is 0. The molecule has 0 unspecified atom stereocenters. The maximum atomic E-state index is 2.39. The Kier molecular flexibility index (Phi) is 7.89. The molecule has 1 heteroatoms. The summed E-state index contributed by atoms with van der Waals surface area (Å²) in [5.41, 5.74) is 10.5. The first-order valence-corrected chi connectivity index (χ1v) is 19.7. The van der Waals surface area contributed by atoms with Crippen LogP contribution in [0.1, 0.15) is 0 Å². The highest BCUT2D eigenvalue weighted by atomic mass is 15.1. The Bertz CT molecular complexity index is 3270. The van der Waals surface area contributed by atoms with Gasteiger partial charge in [-0.3, -0.25) is 0 Å². The van der Waals surface area contributed by atoms with E-state index in [4.69, 9.17) is 0 Å². The Labute approximate surface area is 332 Å². The van der Waals surface area contributed by atoms with Crippen LogP contribution in [0.3, 0.4) is 0 Å². The zero-order chi connectivity index (χ0) is 37.7. The second kappa shape index (κ2) is 13.7. The van der Waals surface area contributed by atoms with Crippen LogP contribution in [0.2, 0.25) is 0 Å². The molecular weight excluding hydrogens is 687 g/mol. The van der Waals surface area contributed by atoms with Crippen molar-refractivity contribution in [1.29, 1.82) is 0 Å². The Hall–Kier alpha value is -7.48. The Balaban J connectivity index is 1.03. The maximum absolute atomic E-state index is 2.39. The van der Waals surface area contributed by atoms with Crippen LogP contribution >= 0.6 is 0 Å². The Morgan fingerprint density at radius 1 is 0.228 bits per heavy atom. The van der Waals surface area contributed by atoms with Gasteiger partial charge in [0.1, 0.15) is 0 Å². The van der Waals surface area contributed by atoms with Gasteiger partial charge in [0, 0.05) is 17.1 Å². The Morgan fingerprint density at radius 3 is 1.51 bits per heavy atom. The summed E-state index contributed by atoms with van der Waals surface area (Å²) in [7, 11) is 0. The fraction of sp³-hybridized carbons (Fsp3) is 0. The maximum Gasteiger partial charge on any atom is 0.0467 e. The van der Waals surface area contributed by atoms with Crippen molar-refractivity contribution in [1.82, 2.24) is 0 Å². The number of fused-ring (bicyclic) bond motifs is 8. The lowest BCUT2D eigenvalue weighted by atomic mass is 9.89. The number of hydrogen-bond donors (Lipinski definition) is 0. The van der Waals surface area contributed by atoms with Crippen molar-refractivity contribution in [3.05, 3.63) is 224 Å². The number of rotatable bonds is 6. The topological polar surface area (TPSA) is 3.24 Å². The molecule has 0 atom stereocenters. The molecule has 0 aliphatic heterocycles. The van der Waals surface area contributed by atoms with Crippen molar-refractivity contribution in [2.24, 2.45) is 0 Å². The van der Waals surface area contributed by atoms with Crippen LogP contribution in [0, 0.1) is 0 Å². The summed E-state index contributed by atoms with van der Waals surface area (Å²) >= 11 is 0. The van der Waals surface area contributed by atoms with Crippen molar-refractivity contribution in [3.63, 3.8) is 0 Å². The summed E-state index contributed by atoms with van der Waals surface area (Å²) in [5.74, 6) is 0. The van der Waals surface area contributed by atoms with Gasteiger partial charge in [0.15, 0.2) is 0 Å². The van der Waals surface area contributed by atoms with Crippen LogP contribution in [0.25, 0.3) is 87.2 Å². The molecule has 0 saturated heterocycles. The van der Waals surface area contributed by atoms with E-state index < -0.39 is 0 Å². The molecule has 57 heavy (non-hydrogen) atoms. The van der Waals surface area contributed by atoms with Crippen molar-refractivity contribution in [2.45, 2.75) is 0 Å². The van der Waals surface area contributed by atoms with E-state index in [9.17, 15) is 0 Å². The third kappa shape index (κ3) is 5.80. The molecule has 0 fully saturated rings. The minimum atomic E-state index is 1.10. The monoisotopic (exact) mass is 723 g/mol. The normalized spacial score (nSPS) is 11.5. The standard InChI is InChI=1S/C56H37N/c1-2-11-38(12-3-1)45-16-10-17-50(36-45)57(48-31-27-40(28-32-48)46-25-21-39-13-4-5-15-44(39)35-46)49-33-29-42(30-34-49)54-37-47-26-24-43-23-22-41-14-6-7-18-51(41)55(43)56(47)53-20-9-8-19-52(53)54/h1-37H. The van der Waals surface area contributed by atoms with Gasteiger partial charge in [-0.05, 0) is 136 Å². The first-order valence-electron chi connectivity index (χ1n) is 19.7. The number of hydrogen-bond acceptors (Lipinski definition) is 1. The molecule has 0 radical (unpaired) electrons. The van der Waals surface area contributed by atoms with Crippen molar-refractivity contribution in [2.75, 3.05) is 4.90 Å². The van der Waals surface area contributed by atoms with Crippen LogP contribution in [-0.2, 0) is 0 Å². The van der Waals surface area contributed by atoms with Gasteiger partial charge in [-0.25, -0.2) is 0 Å². The quantitative estimate of drug-likeness (QED) is 0.154. The molecule has 0 aliphatic carbocycles. The van der Waals surface area contributed by atoms with Crippen molar-refractivity contribution < 1.29 is 0 Å². The van der Waals surface area contributed by atoms with Gasteiger partial charge in [-0.1, -0.05) is 176 Å². The first-order chi connectivity index (χ1) is 28.2. The number of nitrogens with zero attached hydrogens (tertiary/aromatic N) is 1. The Morgan fingerprint density at radius 2 is 0.737 bits per heavy atom. The molecule has 11 aromatic carbocycles. The second-order valence-electron chi connectivity index (χ2n) is 14.9. The lowest BCUT2D eigenvalue weighted by molar-refractivity contribution is 1.28. The third-order valence-corrected chi connectivity index (χ3v) is 11.6. The van der Waals surface area contributed by atoms with Crippen molar-refractivity contribution in [3.8, 4) is 33.4 Å². The van der Waals surface area contributed by atoms with Crippen LogP contribution in [0.5, 0.6) is 0 Å². The minimum Gasteiger partial charge on any atom is -0.310 e. The van der Waals surface area contributed by atoms with E-state index >= 15 is 0 Å². The average Bonchev–Trinajstić information content (AvgIpc) is 3.29. The molecule has 0 aromatic heterocycles. The van der Waals surface area contributed by atoms with Gasteiger partial charge < -0.3 is 4.90 Å². The van der Waals surface area contributed by atoms with Gasteiger partial charge in [0.05, 0.1) is 0 Å². The molecule has 0 bridgehead atoms. The van der Waals surface area contributed by atoms with Gasteiger partial charge in [0.25, 0.3) is 0 Å². The summed E-state index contributed by atoms with van der Waals surface area (Å²) in [4.78, 5) is 2.37. The molecule has 11 aromatic rings. The molecule has 0 amide bonds. The highest BCUT2D eigenvalue weighted by Crippen LogP contribution is 2.43. The van der Waals surface area contributed by atoms with E-state index in [1.807, 2.05) is 0 Å². The van der Waals surface area contributed by atoms with E-state index in [2.05, 4.69) is 229 Å². The summed E-state index contributed by atoms with van der Waals surface area (Å²) in [6, 6.07) is 82.0. The van der Waals surface area contributed by atoms with E-state index in [0.29, 0.717) is 0 Å². The molecule has 0 spiro atoms. The van der Waals surface area contributed by atoms with E-state index in [1.165, 1.54) is 87.2 Å². The van der Waals surface area contributed by atoms with Gasteiger partial charge >= 0.3 is 0 Å². The molecule has 0 saturated carbocycles. The molecule has 1 nitrogen and oxygen atoms in total. The van der Waals surface area contributed by atoms with Gasteiger partial charge in [-0.15, -0.1) is 0 Å². The predicted octanol–water partition coefficient (Wildman–Crippen LogP) is 15.9. The van der Waals surface area contributed by atoms with Crippen molar-refractivity contribution >= 4 is 70.9 Å². The lowest BCUT2D eigenvalue weighted by Gasteiger charge is -2.26. The fourth-order valence-corrected chi connectivity index (χ4v) is 8.80. The predicted molar refractivity (Wildman–Crippen MR) is 245 cm³/mol. The molecule has 0 heterocycles. The lowest BCUT2D eigenvalue weighted by Crippen LogP contribution is -2.10. The van der Waals surface area contributed by atoms with E-state index in [1.54, 1.807) is 0 Å². The van der Waals surface area contributed by atoms with Crippen LogP contribution < -0.4 is 4.90 Å². The zero-order valence-electron chi connectivity index (χ0n) is 31.3. The SMILES string of the molecule is c1ccc(-c2cccc(N(c3ccc(-c4ccc5ccccc5c4)cc3)c3ccc(-c4cc5ccc6ccc7ccccc7c6c5c5ccccc45)cc3)c2)cc1. The fourth-order valence-electron chi connectivity index (χ4n) is 8.80. The largest absolute Gasteiger partial charge is 0.310 e. The van der Waals surface area contributed by atoms with Gasteiger partial charge in [0.2, 0.25) is 0 Å². The average molecular weight is 724 g/mol. The highest BCUT2D eigenvalue weighted by Gasteiger charge is 2.17. The smallest absolute Gasteiger partial charge is 0.0467 e. The zero-order valence-corrected chi connectivity index (χ0v) is 31.3. The first kappa shape index (κ1) is 32.9. The minimum absolute atomic E-state index is 1.10. The third-order valence-electron chi connectivity index (χ3n) is 11.6. The van der Waals surface area contributed by atoms with Crippen LogP contribution in [0.15, 0.2) is 224 Å². The summed E-state index contributed by atoms with van der Waals surface area (Å²) < 4.78 is 0. The van der Waals surface area contributed by atoms with Gasteiger partial charge in [-0.2, -0.15) is 0 Å². The number of anilines is 3. The summed E-state index contributed by atoms with van der Waals surface area (Å²) in [6.07, 6.45) is 0. The summed E-state index contributed by atoms with van der Waals surface area (Å²) in [5, 5.41) is 12.8. The molecule has 266 valence electrons. The molecular formula is C56H37N. The van der Waals surface area contributed by atoms with E-state index in [0.717, 1.165) is 17.1 Å². The second-order valence-corrected chi connectivity index (χ2v) is 14.9. The molecule has 0 aliphatic rings.